The summed E-state index contributed by atoms with van der Waals surface area (Å²) >= 11 is 1.43. The quantitative estimate of drug-likeness (QED) is 0.270. The van der Waals surface area contributed by atoms with Gasteiger partial charge in [0.15, 0.2) is 0 Å². The maximum Gasteiger partial charge on any atom is 0.501 e. The molecule has 0 spiro atoms. The number of nitrogens with one attached hydrogen (secondary N) is 1. The summed E-state index contributed by atoms with van der Waals surface area (Å²) in [6.45, 7) is 4.39. The first kappa shape index (κ1) is 30.2. The lowest BCUT2D eigenvalue weighted by Crippen LogP contribution is -2.27. The lowest BCUT2D eigenvalue weighted by molar-refractivity contribution is -0.134. The molecule has 1 heterocycles. The number of unbranched alkanes of at least 4 members (excludes halogenated alkanes) is 1. The van der Waals surface area contributed by atoms with Gasteiger partial charge in [0.25, 0.3) is 9.84 Å². The van der Waals surface area contributed by atoms with Crippen molar-refractivity contribution in [2.45, 2.75) is 46.4 Å². The highest BCUT2D eigenvalue weighted by Crippen LogP contribution is 2.49. The largest absolute Gasteiger partial charge is 0.501 e. The van der Waals surface area contributed by atoms with Crippen LogP contribution in [0.5, 0.6) is 0 Å². The van der Waals surface area contributed by atoms with E-state index >= 15 is 0 Å². The zero-order chi connectivity index (χ0) is 27.6. The van der Waals surface area contributed by atoms with Crippen LogP contribution in [0.25, 0.3) is 0 Å². The zero-order valence-electron chi connectivity index (χ0n) is 19.9. The number of carbonyl (C=O) groups is 2. The Balaban J connectivity index is 0.000000521. The van der Waals surface area contributed by atoms with Crippen molar-refractivity contribution in [2.75, 3.05) is 24.5 Å². The molecular weight excluding hydrogens is 533 g/mol. The van der Waals surface area contributed by atoms with Crippen molar-refractivity contribution in [1.82, 2.24) is 5.32 Å². The van der Waals surface area contributed by atoms with Gasteiger partial charge in [-0.15, -0.1) is 0 Å². The monoisotopic (exact) mass is 560 g/mol. The van der Waals surface area contributed by atoms with E-state index in [4.69, 9.17) is 10.2 Å². The number of rotatable bonds is 10. The molecule has 8 nitrogen and oxygen atoms in total. The smallest absolute Gasteiger partial charge is 0.478 e. The minimum atomic E-state index is -5.39. The molecule has 0 saturated heterocycles. The molecule has 1 aliphatic rings. The van der Waals surface area contributed by atoms with E-state index in [1.807, 2.05) is 29.2 Å². The summed E-state index contributed by atoms with van der Waals surface area (Å²) in [5.74, 6) is -2.51. The van der Waals surface area contributed by atoms with Crippen LogP contribution in [-0.4, -0.2) is 55.7 Å². The maximum absolute atomic E-state index is 13.0. The van der Waals surface area contributed by atoms with Crippen LogP contribution in [0.15, 0.2) is 69.3 Å². The average Bonchev–Trinajstić information content (AvgIpc) is 2.83. The van der Waals surface area contributed by atoms with E-state index in [9.17, 15) is 31.2 Å². The number of aliphatic carboxylic acids is 2. The minimum Gasteiger partial charge on any atom is -0.478 e. The lowest BCUT2D eigenvalue weighted by atomic mass is 10.2. The number of halogens is 3. The van der Waals surface area contributed by atoms with Gasteiger partial charge in [0.2, 0.25) is 0 Å². The average molecular weight is 561 g/mol. The minimum absolute atomic E-state index is 0.493. The summed E-state index contributed by atoms with van der Waals surface area (Å²) in [7, 11) is -5.39. The van der Waals surface area contributed by atoms with E-state index in [-0.39, 0.29) is 0 Å². The van der Waals surface area contributed by atoms with Crippen LogP contribution in [0.4, 0.5) is 24.5 Å². The van der Waals surface area contributed by atoms with Crippen LogP contribution >= 0.6 is 11.8 Å². The highest BCUT2D eigenvalue weighted by atomic mass is 32.2. The van der Waals surface area contributed by atoms with Gasteiger partial charge < -0.3 is 20.4 Å². The summed E-state index contributed by atoms with van der Waals surface area (Å²) in [5, 5.41) is 19.0. The number of para-hydroxylation sites is 1. The molecule has 37 heavy (non-hydrogen) atoms. The number of sulfone groups is 1. The molecule has 0 bridgehead atoms. The predicted octanol–water partition coefficient (Wildman–Crippen LogP) is 5.07. The molecule has 0 fully saturated rings. The van der Waals surface area contributed by atoms with E-state index in [0.717, 1.165) is 60.0 Å². The first-order valence-corrected chi connectivity index (χ1v) is 13.5. The fourth-order valence-corrected chi connectivity index (χ4v) is 5.14. The van der Waals surface area contributed by atoms with Crippen LogP contribution < -0.4 is 10.2 Å². The van der Waals surface area contributed by atoms with Gasteiger partial charge in [0.1, 0.15) is 0 Å². The van der Waals surface area contributed by atoms with Gasteiger partial charge in [-0.3, -0.25) is 0 Å². The molecular formula is C24H27F3N2O6S2. The van der Waals surface area contributed by atoms with E-state index < -0.39 is 32.2 Å². The summed E-state index contributed by atoms with van der Waals surface area (Å²) in [4.78, 5) is 22.0. The molecule has 0 saturated carbocycles. The standard InChI is InChI=1S/C20H23F3N2O2S2.C4H4O4/c1-2-3-11-24-12-6-13-25-16-7-4-5-8-18(16)28-19-10-9-15(14-17(19)25)29(26,27)20(21,22)23;5-3(6)1-2-4(7)8/h4-5,7-10,14,24H,2-3,6,11-13H2,1H3;1-2H,(H,5,6)(H,7,8). The molecule has 0 radical (unpaired) electrons. The zero-order valence-corrected chi connectivity index (χ0v) is 21.5. The van der Waals surface area contributed by atoms with Gasteiger partial charge in [-0.2, -0.15) is 13.2 Å². The van der Waals surface area contributed by atoms with E-state index in [1.165, 1.54) is 17.8 Å². The number of alkyl halides is 3. The Hall–Kier alpha value is -3.03. The summed E-state index contributed by atoms with van der Waals surface area (Å²) in [6, 6.07) is 11.3. The molecule has 13 heteroatoms. The molecule has 202 valence electrons. The van der Waals surface area contributed by atoms with Crippen LogP contribution in [-0.2, 0) is 19.4 Å². The molecule has 0 aliphatic carbocycles. The first-order chi connectivity index (χ1) is 17.4. The molecule has 0 unspecified atom stereocenters. The van der Waals surface area contributed by atoms with Gasteiger partial charge in [0.05, 0.1) is 16.3 Å². The van der Waals surface area contributed by atoms with Crippen LogP contribution in [0.2, 0.25) is 0 Å². The Kier molecular flexibility index (Phi) is 11.0. The van der Waals surface area contributed by atoms with Gasteiger partial charge in [-0.25, -0.2) is 18.0 Å². The van der Waals surface area contributed by atoms with Gasteiger partial charge in [0, 0.05) is 28.5 Å². The Morgan fingerprint density at radius 3 is 2.16 bits per heavy atom. The maximum atomic E-state index is 13.0. The van der Waals surface area contributed by atoms with Crippen molar-refractivity contribution in [3.8, 4) is 0 Å². The number of anilines is 2. The Bertz CT molecular complexity index is 1220. The fraction of sp³-hybridized carbons (Fsp3) is 0.333. The molecule has 3 rings (SSSR count). The first-order valence-electron chi connectivity index (χ1n) is 11.2. The number of benzene rings is 2. The molecule has 2 aromatic carbocycles. The highest BCUT2D eigenvalue weighted by Gasteiger charge is 2.47. The summed E-state index contributed by atoms with van der Waals surface area (Å²) < 4.78 is 62.9. The second-order valence-electron chi connectivity index (χ2n) is 7.77. The third-order valence-corrected chi connectivity index (χ3v) is 7.64. The fourth-order valence-electron chi connectivity index (χ4n) is 3.28. The summed E-state index contributed by atoms with van der Waals surface area (Å²) in [6.07, 6.45) is 4.08. The number of nitrogens with zero attached hydrogens (tertiary/aromatic N) is 1. The molecule has 3 N–H and O–H groups in total. The molecule has 1 aliphatic heterocycles. The molecule has 2 aromatic rings. The Labute approximate surface area is 217 Å². The second kappa shape index (κ2) is 13.5. The predicted molar refractivity (Wildman–Crippen MR) is 134 cm³/mol. The lowest BCUT2D eigenvalue weighted by Gasteiger charge is -2.33. The third-order valence-electron chi connectivity index (χ3n) is 5.02. The Morgan fingerprint density at radius 1 is 0.973 bits per heavy atom. The van der Waals surface area contributed by atoms with Crippen molar-refractivity contribution in [2.24, 2.45) is 0 Å². The van der Waals surface area contributed by atoms with Gasteiger partial charge in [-0.05, 0) is 56.3 Å². The summed E-state index contributed by atoms with van der Waals surface area (Å²) in [5.41, 5.74) is -3.96. The van der Waals surface area contributed by atoms with Gasteiger partial charge in [-0.1, -0.05) is 37.2 Å². The normalized spacial score (nSPS) is 12.9. The third kappa shape index (κ3) is 8.51. The van der Waals surface area contributed by atoms with Gasteiger partial charge >= 0.3 is 17.4 Å². The van der Waals surface area contributed by atoms with Crippen molar-refractivity contribution in [3.05, 3.63) is 54.6 Å². The molecule has 0 amide bonds. The van der Waals surface area contributed by atoms with Crippen molar-refractivity contribution in [1.29, 1.82) is 0 Å². The van der Waals surface area contributed by atoms with E-state index in [1.54, 1.807) is 0 Å². The molecule has 0 aromatic heterocycles. The van der Waals surface area contributed by atoms with Crippen LogP contribution in [0.1, 0.15) is 26.2 Å². The number of fused-ring (bicyclic) bond motifs is 2. The van der Waals surface area contributed by atoms with Crippen molar-refractivity contribution < 1.29 is 41.4 Å². The SMILES string of the molecule is CCCCNCCCN1c2ccccc2Sc2ccc(S(=O)(=O)C(F)(F)F)cc21.O=C(O)C=CC(=O)O. The Morgan fingerprint density at radius 2 is 1.57 bits per heavy atom. The van der Waals surface area contributed by atoms with E-state index in [2.05, 4.69) is 12.2 Å². The topological polar surface area (TPSA) is 124 Å². The van der Waals surface area contributed by atoms with E-state index in [0.29, 0.717) is 24.4 Å². The number of carboxylic acids is 2. The van der Waals surface area contributed by atoms with Crippen molar-refractivity contribution in [3.63, 3.8) is 0 Å². The number of carboxylic acid groups (broad SMARTS) is 2. The number of hydrogen-bond donors (Lipinski definition) is 3. The van der Waals surface area contributed by atoms with Crippen LogP contribution in [0.3, 0.4) is 0 Å². The second-order valence-corrected chi connectivity index (χ2v) is 10.8. The highest BCUT2D eigenvalue weighted by molar-refractivity contribution is 7.99. The van der Waals surface area contributed by atoms with Crippen molar-refractivity contribution >= 4 is 44.9 Å². The molecule has 0 atom stereocenters. The van der Waals surface area contributed by atoms with Crippen LogP contribution in [0, 0.1) is 0 Å². The number of hydrogen-bond acceptors (Lipinski definition) is 7.